The molecule has 0 fully saturated rings. The highest BCUT2D eigenvalue weighted by Gasteiger charge is 2.24. The molecule has 4 rings (SSSR count). The number of fused-ring (bicyclic) bond motifs is 3. The second-order valence-corrected chi connectivity index (χ2v) is 5.66. The van der Waals surface area contributed by atoms with Crippen LogP contribution in [0.2, 0.25) is 0 Å². The molecule has 0 saturated heterocycles. The lowest BCUT2D eigenvalue weighted by atomic mass is 9.91. The number of carbonyl (C=O) groups excluding carboxylic acids is 1. The lowest BCUT2D eigenvalue weighted by molar-refractivity contribution is 0.0905. The SMILES string of the molecule is O=C(NC1CCc2[nH]c3cc(F)ccc3c2C1)c1ccco1. The number of nitrogens with one attached hydrogen (secondary N) is 2. The lowest BCUT2D eigenvalue weighted by Gasteiger charge is -2.23. The van der Waals surface area contributed by atoms with Crippen molar-refractivity contribution < 1.29 is 13.6 Å². The van der Waals surface area contributed by atoms with E-state index in [2.05, 4.69) is 10.3 Å². The number of rotatable bonds is 2. The third kappa shape index (κ3) is 2.19. The first kappa shape index (κ1) is 13.1. The zero-order valence-corrected chi connectivity index (χ0v) is 11.9. The molecule has 0 radical (unpaired) electrons. The molecule has 0 bridgehead atoms. The van der Waals surface area contributed by atoms with Crippen molar-refractivity contribution in [2.24, 2.45) is 0 Å². The van der Waals surface area contributed by atoms with E-state index in [4.69, 9.17) is 4.42 Å². The second-order valence-electron chi connectivity index (χ2n) is 5.66. The summed E-state index contributed by atoms with van der Waals surface area (Å²) in [6.07, 6.45) is 3.93. The normalized spacial score (nSPS) is 17.4. The molecule has 2 heterocycles. The van der Waals surface area contributed by atoms with Crippen LogP contribution in [0.5, 0.6) is 0 Å². The maximum absolute atomic E-state index is 13.3. The number of amides is 1. The molecule has 1 atom stereocenters. The van der Waals surface area contributed by atoms with Crippen molar-refractivity contribution in [3.8, 4) is 0 Å². The van der Waals surface area contributed by atoms with Gasteiger partial charge in [0, 0.05) is 22.6 Å². The fourth-order valence-electron chi connectivity index (χ4n) is 3.18. The van der Waals surface area contributed by atoms with Crippen LogP contribution >= 0.6 is 0 Å². The van der Waals surface area contributed by atoms with Crippen molar-refractivity contribution in [2.75, 3.05) is 0 Å². The molecule has 22 heavy (non-hydrogen) atoms. The van der Waals surface area contributed by atoms with Crippen LogP contribution < -0.4 is 5.32 Å². The smallest absolute Gasteiger partial charge is 0.287 e. The fourth-order valence-corrected chi connectivity index (χ4v) is 3.18. The zero-order valence-electron chi connectivity index (χ0n) is 11.9. The topological polar surface area (TPSA) is 58.0 Å². The molecule has 112 valence electrons. The number of aromatic amines is 1. The van der Waals surface area contributed by atoms with Crippen molar-refractivity contribution in [2.45, 2.75) is 25.3 Å². The molecule has 4 nitrogen and oxygen atoms in total. The molecule has 1 aromatic carbocycles. The Morgan fingerprint density at radius 1 is 1.36 bits per heavy atom. The van der Waals surface area contributed by atoms with Gasteiger partial charge in [0.1, 0.15) is 5.82 Å². The molecule has 1 amide bonds. The van der Waals surface area contributed by atoms with Gasteiger partial charge in [-0.25, -0.2) is 4.39 Å². The molecular formula is C17H15FN2O2. The van der Waals surface area contributed by atoms with Crippen molar-refractivity contribution in [1.82, 2.24) is 10.3 Å². The monoisotopic (exact) mass is 298 g/mol. The van der Waals surface area contributed by atoms with Crippen LogP contribution in [0.15, 0.2) is 41.0 Å². The van der Waals surface area contributed by atoms with Gasteiger partial charge >= 0.3 is 0 Å². The van der Waals surface area contributed by atoms with Crippen LogP contribution in [-0.2, 0) is 12.8 Å². The molecule has 1 unspecified atom stereocenters. The molecule has 0 saturated carbocycles. The Morgan fingerprint density at radius 2 is 2.27 bits per heavy atom. The molecule has 5 heteroatoms. The first-order valence-corrected chi connectivity index (χ1v) is 7.34. The second kappa shape index (κ2) is 5.02. The largest absolute Gasteiger partial charge is 0.459 e. The van der Waals surface area contributed by atoms with Gasteiger partial charge in [-0.3, -0.25) is 4.79 Å². The van der Waals surface area contributed by atoms with Crippen LogP contribution in [0, 0.1) is 5.82 Å². The maximum Gasteiger partial charge on any atom is 0.287 e. The third-order valence-corrected chi connectivity index (χ3v) is 4.23. The minimum atomic E-state index is -0.242. The molecular weight excluding hydrogens is 283 g/mol. The number of carbonyl (C=O) groups is 1. The number of benzene rings is 1. The van der Waals surface area contributed by atoms with Crippen LogP contribution in [0.25, 0.3) is 10.9 Å². The van der Waals surface area contributed by atoms with Gasteiger partial charge in [-0.2, -0.15) is 0 Å². The Kier molecular flexibility index (Phi) is 2.99. The van der Waals surface area contributed by atoms with Crippen molar-refractivity contribution >= 4 is 16.8 Å². The Morgan fingerprint density at radius 3 is 3.09 bits per heavy atom. The number of furan rings is 1. The third-order valence-electron chi connectivity index (χ3n) is 4.23. The average molecular weight is 298 g/mol. The van der Waals surface area contributed by atoms with Crippen LogP contribution in [0.3, 0.4) is 0 Å². The van der Waals surface area contributed by atoms with Crippen LogP contribution in [0.4, 0.5) is 4.39 Å². The maximum atomic E-state index is 13.3. The van der Waals surface area contributed by atoms with Gasteiger partial charge in [0.25, 0.3) is 5.91 Å². The summed E-state index contributed by atoms with van der Waals surface area (Å²) in [6, 6.07) is 8.21. The van der Waals surface area contributed by atoms with Crippen molar-refractivity contribution in [3.63, 3.8) is 0 Å². The number of aryl methyl sites for hydroxylation is 1. The minimum absolute atomic E-state index is 0.0640. The van der Waals surface area contributed by atoms with E-state index in [1.807, 2.05) is 0 Å². The van der Waals surface area contributed by atoms with E-state index >= 15 is 0 Å². The predicted octanol–water partition coefficient (Wildman–Crippen LogP) is 3.19. The highest BCUT2D eigenvalue weighted by Crippen LogP contribution is 2.29. The number of halogens is 1. The van der Waals surface area contributed by atoms with E-state index in [0.717, 1.165) is 35.9 Å². The van der Waals surface area contributed by atoms with Gasteiger partial charge in [0.05, 0.1) is 6.26 Å². The average Bonchev–Trinajstić information content (AvgIpc) is 3.13. The molecule has 0 spiro atoms. The number of aromatic nitrogens is 1. The summed E-state index contributed by atoms with van der Waals surface area (Å²) in [6.45, 7) is 0. The summed E-state index contributed by atoms with van der Waals surface area (Å²) in [5.41, 5.74) is 3.14. The molecule has 3 aromatic rings. The van der Waals surface area contributed by atoms with Crippen molar-refractivity contribution in [1.29, 1.82) is 0 Å². The zero-order chi connectivity index (χ0) is 15.1. The summed E-state index contributed by atoms with van der Waals surface area (Å²) in [4.78, 5) is 15.4. The van der Waals surface area contributed by atoms with Gasteiger partial charge in [-0.1, -0.05) is 0 Å². The number of hydrogen-bond donors (Lipinski definition) is 2. The van der Waals surface area contributed by atoms with Gasteiger partial charge < -0.3 is 14.7 Å². The van der Waals surface area contributed by atoms with Crippen LogP contribution in [0.1, 0.15) is 28.2 Å². The van der Waals surface area contributed by atoms with Crippen molar-refractivity contribution in [3.05, 3.63) is 59.4 Å². The summed E-state index contributed by atoms with van der Waals surface area (Å²) in [5.74, 6) is -0.107. The molecule has 1 aliphatic carbocycles. The number of hydrogen-bond acceptors (Lipinski definition) is 2. The molecule has 2 aromatic heterocycles. The lowest BCUT2D eigenvalue weighted by Crippen LogP contribution is -2.38. The summed E-state index contributed by atoms with van der Waals surface area (Å²) in [5, 5.41) is 4.04. The summed E-state index contributed by atoms with van der Waals surface area (Å²) in [7, 11) is 0. The van der Waals surface area contributed by atoms with E-state index in [9.17, 15) is 9.18 Å². The Bertz CT molecular complexity index is 836. The Hall–Kier alpha value is -2.56. The van der Waals surface area contributed by atoms with E-state index in [1.54, 1.807) is 18.2 Å². The fraction of sp³-hybridized carbons (Fsp3) is 0.235. The van der Waals surface area contributed by atoms with Gasteiger partial charge in [0.15, 0.2) is 5.76 Å². The van der Waals surface area contributed by atoms with Crippen LogP contribution in [-0.4, -0.2) is 16.9 Å². The summed E-state index contributed by atoms with van der Waals surface area (Å²) >= 11 is 0. The minimum Gasteiger partial charge on any atom is -0.459 e. The van der Waals surface area contributed by atoms with E-state index < -0.39 is 0 Å². The highest BCUT2D eigenvalue weighted by atomic mass is 19.1. The quantitative estimate of drug-likeness (QED) is 0.763. The Labute approximate surface area is 126 Å². The van der Waals surface area contributed by atoms with Gasteiger partial charge in [-0.05, 0) is 55.2 Å². The standard InChI is InChI=1S/C17H15FN2O2/c18-10-3-5-12-13-9-11(4-6-14(13)20-15(12)8-10)19-17(21)16-2-1-7-22-16/h1-3,5,7-8,11,20H,4,6,9H2,(H,19,21). The summed E-state index contributed by atoms with van der Waals surface area (Å²) < 4.78 is 18.4. The Balaban J connectivity index is 1.58. The van der Waals surface area contributed by atoms with E-state index in [0.29, 0.717) is 5.76 Å². The first-order chi connectivity index (χ1) is 10.7. The number of H-pyrrole nitrogens is 1. The molecule has 1 aliphatic rings. The molecule has 0 aliphatic heterocycles. The van der Waals surface area contributed by atoms with E-state index in [1.165, 1.54) is 24.0 Å². The van der Waals surface area contributed by atoms with Gasteiger partial charge in [0.2, 0.25) is 0 Å². The van der Waals surface area contributed by atoms with Gasteiger partial charge in [-0.15, -0.1) is 0 Å². The molecule has 2 N–H and O–H groups in total. The first-order valence-electron chi connectivity index (χ1n) is 7.34. The highest BCUT2D eigenvalue weighted by molar-refractivity contribution is 5.91. The predicted molar refractivity (Wildman–Crippen MR) is 80.2 cm³/mol. The van der Waals surface area contributed by atoms with E-state index in [-0.39, 0.29) is 17.8 Å².